The molecule has 0 N–H and O–H groups in total. The lowest BCUT2D eigenvalue weighted by Crippen LogP contribution is -2.31. The van der Waals surface area contributed by atoms with E-state index in [-0.39, 0.29) is 5.75 Å². The average molecular weight is 342 g/mol. The molecule has 0 unspecified atom stereocenters. The Kier molecular flexibility index (Phi) is 4.61. The minimum atomic E-state index is -2.92. The van der Waals surface area contributed by atoms with E-state index in [0.717, 1.165) is 10.3 Å². The van der Waals surface area contributed by atoms with Gasteiger partial charge in [0.05, 0.1) is 0 Å². The van der Waals surface area contributed by atoms with Crippen LogP contribution in [0.3, 0.4) is 0 Å². The SMILES string of the molecule is Cc1c[n+]([O-])c(C)c(-c2ccc(OC(F)F)c(-c3ccccc3)c2)n1. The highest BCUT2D eigenvalue weighted by molar-refractivity contribution is 5.77. The maximum absolute atomic E-state index is 12.7. The summed E-state index contributed by atoms with van der Waals surface area (Å²) in [5.41, 5.74) is 3.43. The van der Waals surface area contributed by atoms with Crippen LogP contribution >= 0.6 is 0 Å². The molecule has 2 aromatic carbocycles. The Hall–Kier alpha value is -3.02. The van der Waals surface area contributed by atoms with Gasteiger partial charge in [0.2, 0.25) is 11.9 Å². The molecule has 3 aromatic rings. The summed E-state index contributed by atoms with van der Waals surface area (Å²) in [5.74, 6) is 0.0743. The number of aryl methyl sites for hydroxylation is 1. The second-order valence-electron chi connectivity index (χ2n) is 5.60. The van der Waals surface area contributed by atoms with Gasteiger partial charge in [-0.2, -0.15) is 13.5 Å². The molecule has 0 spiro atoms. The Labute approximate surface area is 143 Å². The molecule has 0 fully saturated rings. The highest BCUT2D eigenvalue weighted by Gasteiger charge is 2.17. The van der Waals surface area contributed by atoms with Crippen molar-refractivity contribution in [3.63, 3.8) is 0 Å². The number of aromatic nitrogens is 2. The van der Waals surface area contributed by atoms with E-state index in [0.29, 0.717) is 28.2 Å². The van der Waals surface area contributed by atoms with Crippen LogP contribution in [0.5, 0.6) is 5.75 Å². The van der Waals surface area contributed by atoms with Gasteiger partial charge in [0.15, 0.2) is 0 Å². The number of hydrogen-bond acceptors (Lipinski definition) is 3. The molecule has 25 heavy (non-hydrogen) atoms. The zero-order valence-electron chi connectivity index (χ0n) is 13.7. The quantitative estimate of drug-likeness (QED) is 0.526. The van der Waals surface area contributed by atoms with Crippen molar-refractivity contribution in [2.24, 2.45) is 0 Å². The molecule has 0 aliphatic heterocycles. The number of benzene rings is 2. The summed E-state index contributed by atoms with van der Waals surface area (Å²) in [4.78, 5) is 4.42. The van der Waals surface area contributed by atoms with Crippen LogP contribution in [0.15, 0.2) is 54.7 Å². The molecular formula is C19H16F2N2O2. The van der Waals surface area contributed by atoms with Gasteiger partial charge in [0.25, 0.3) is 0 Å². The first kappa shape index (κ1) is 16.8. The summed E-state index contributed by atoms with van der Waals surface area (Å²) in [6.07, 6.45) is 1.39. The Morgan fingerprint density at radius 1 is 1.04 bits per heavy atom. The first-order chi connectivity index (χ1) is 12.0. The van der Waals surface area contributed by atoms with Gasteiger partial charge >= 0.3 is 6.61 Å². The fourth-order valence-corrected chi connectivity index (χ4v) is 2.65. The van der Waals surface area contributed by atoms with E-state index in [9.17, 15) is 14.0 Å². The summed E-state index contributed by atoms with van der Waals surface area (Å²) < 4.78 is 30.9. The van der Waals surface area contributed by atoms with E-state index in [4.69, 9.17) is 0 Å². The fraction of sp³-hybridized carbons (Fsp3) is 0.158. The third-order valence-corrected chi connectivity index (χ3v) is 3.82. The van der Waals surface area contributed by atoms with E-state index in [1.165, 1.54) is 12.3 Å². The van der Waals surface area contributed by atoms with E-state index in [1.54, 1.807) is 26.0 Å². The summed E-state index contributed by atoms with van der Waals surface area (Å²) in [6, 6.07) is 13.9. The van der Waals surface area contributed by atoms with Crippen LogP contribution in [-0.4, -0.2) is 11.6 Å². The molecule has 0 bridgehead atoms. The minimum absolute atomic E-state index is 0.0743. The molecule has 0 atom stereocenters. The predicted octanol–water partition coefficient (Wildman–Crippen LogP) is 4.27. The largest absolute Gasteiger partial charge is 0.618 e. The molecule has 0 aliphatic carbocycles. The number of rotatable bonds is 4. The van der Waals surface area contributed by atoms with Crippen molar-refractivity contribution >= 4 is 0 Å². The topological polar surface area (TPSA) is 49.1 Å². The third kappa shape index (κ3) is 3.57. The standard InChI is InChI=1S/C19H16F2N2O2/c1-12-11-23(24)13(2)18(22-12)15-8-9-17(25-19(20)21)16(10-15)14-6-4-3-5-7-14/h3-11,19H,1-2H3. The first-order valence-electron chi connectivity index (χ1n) is 7.68. The van der Waals surface area contributed by atoms with Crippen molar-refractivity contribution in [2.75, 3.05) is 0 Å². The average Bonchev–Trinajstić information content (AvgIpc) is 2.59. The lowest BCUT2D eigenvalue weighted by atomic mass is 9.99. The number of nitrogens with zero attached hydrogens (tertiary/aromatic N) is 2. The predicted molar refractivity (Wildman–Crippen MR) is 90.2 cm³/mol. The van der Waals surface area contributed by atoms with Crippen LogP contribution in [0.4, 0.5) is 8.78 Å². The number of halogens is 2. The molecule has 0 amide bonds. The van der Waals surface area contributed by atoms with E-state index in [1.807, 2.05) is 30.3 Å². The number of alkyl halides is 2. The van der Waals surface area contributed by atoms with Crippen LogP contribution < -0.4 is 9.47 Å². The minimum Gasteiger partial charge on any atom is -0.618 e. The third-order valence-electron chi connectivity index (χ3n) is 3.82. The first-order valence-corrected chi connectivity index (χ1v) is 7.68. The van der Waals surface area contributed by atoms with Crippen LogP contribution in [-0.2, 0) is 0 Å². The number of hydrogen-bond donors (Lipinski definition) is 0. The van der Waals surface area contributed by atoms with E-state index < -0.39 is 6.61 Å². The van der Waals surface area contributed by atoms with Crippen LogP contribution in [0, 0.1) is 19.1 Å². The smallest absolute Gasteiger partial charge is 0.387 e. The normalized spacial score (nSPS) is 10.9. The van der Waals surface area contributed by atoms with Crippen molar-refractivity contribution in [3.8, 4) is 28.1 Å². The molecular weight excluding hydrogens is 326 g/mol. The molecule has 0 aliphatic rings. The molecule has 1 aromatic heterocycles. The van der Waals surface area contributed by atoms with Crippen LogP contribution in [0.2, 0.25) is 0 Å². The molecule has 4 nitrogen and oxygen atoms in total. The summed E-state index contributed by atoms with van der Waals surface area (Å²) in [7, 11) is 0. The second kappa shape index (κ2) is 6.84. The highest BCUT2D eigenvalue weighted by Crippen LogP contribution is 2.35. The zero-order valence-corrected chi connectivity index (χ0v) is 13.7. The van der Waals surface area contributed by atoms with Gasteiger partial charge in [0, 0.05) is 18.1 Å². The van der Waals surface area contributed by atoms with Gasteiger partial charge in [-0.15, -0.1) is 0 Å². The summed E-state index contributed by atoms with van der Waals surface area (Å²) >= 11 is 0. The summed E-state index contributed by atoms with van der Waals surface area (Å²) in [5, 5.41) is 12.0. The van der Waals surface area contributed by atoms with Crippen molar-refractivity contribution in [3.05, 3.63) is 71.3 Å². The van der Waals surface area contributed by atoms with E-state index in [2.05, 4.69) is 9.72 Å². The van der Waals surface area contributed by atoms with Gasteiger partial charge in [0.1, 0.15) is 17.1 Å². The van der Waals surface area contributed by atoms with Crippen molar-refractivity contribution < 1.29 is 18.2 Å². The zero-order chi connectivity index (χ0) is 18.0. The fourth-order valence-electron chi connectivity index (χ4n) is 2.65. The maximum atomic E-state index is 12.7. The molecule has 6 heteroatoms. The Balaban J connectivity index is 2.18. The molecule has 3 rings (SSSR count). The van der Waals surface area contributed by atoms with E-state index >= 15 is 0 Å². The molecule has 0 saturated heterocycles. The Bertz CT molecular complexity index is 899. The van der Waals surface area contributed by atoms with Gasteiger partial charge in [-0.05, 0) is 30.7 Å². The van der Waals surface area contributed by atoms with Crippen molar-refractivity contribution in [1.29, 1.82) is 0 Å². The molecule has 128 valence electrons. The highest BCUT2D eigenvalue weighted by atomic mass is 19.3. The lowest BCUT2D eigenvalue weighted by Gasteiger charge is -2.14. The van der Waals surface area contributed by atoms with Crippen molar-refractivity contribution in [1.82, 2.24) is 4.98 Å². The van der Waals surface area contributed by atoms with Crippen molar-refractivity contribution in [2.45, 2.75) is 20.5 Å². The monoisotopic (exact) mass is 342 g/mol. The molecule has 1 heterocycles. The Morgan fingerprint density at radius 3 is 2.44 bits per heavy atom. The lowest BCUT2D eigenvalue weighted by molar-refractivity contribution is -0.612. The van der Waals surface area contributed by atoms with Gasteiger partial charge in [-0.1, -0.05) is 30.3 Å². The van der Waals surface area contributed by atoms with Gasteiger partial charge in [-0.25, -0.2) is 4.98 Å². The number of ether oxygens (including phenoxy) is 1. The van der Waals surface area contributed by atoms with Gasteiger partial charge in [-0.3, -0.25) is 0 Å². The van der Waals surface area contributed by atoms with Crippen LogP contribution in [0.1, 0.15) is 11.4 Å². The van der Waals surface area contributed by atoms with Crippen LogP contribution in [0.25, 0.3) is 22.4 Å². The summed E-state index contributed by atoms with van der Waals surface area (Å²) in [6.45, 7) is 0.473. The maximum Gasteiger partial charge on any atom is 0.387 e. The van der Waals surface area contributed by atoms with Gasteiger partial charge < -0.3 is 9.94 Å². The Morgan fingerprint density at radius 2 is 1.76 bits per heavy atom. The molecule has 0 saturated carbocycles. The second-order valence-corrected chi connectivity index (χ2v) is 5.60. The molecule has 0 radical (unpaired) electrons.